The van der Waals surface area contributed by atoms with Crippen LogP contribution in [-0.2, 0) is 18.9 Å². The highest BCUT2D eigenvalue weighted by Crippen LogP contribution is 1.84. The molecule has 0 amide bonds. The number of ether oxygens (including phenoxy) is 4. The molecule has 0 saturated carbocycles. The summed E-state index contributed by atoms with van der Waals surface area (Å²) in [5.74, 6) is 5.31. The summed E-state index contributed by atoms with van der Waals surface area (Å²) in [4.78, 5) is 2.61. The summed E-state index contributed by atoms with van der Waals surface area (Å²) in [6, 6.07) is 0. The predicted molar refractivity (Wildman–Crippen MR) is 76.8 cm³/mol. The van der Waals surface area contributed by atoms with Crippen molar-refractivity contribution in [3.63, 3.8) is 0 Å². The molecular formula is C13H23N3O5. The second-order valence-corrected chi connectivity index (χ2v) is 3.67. The van der Waals surface area contributed by atoms with Crippen molar-refractivity contribution < 1.29 is 24.1 Å². The lowest BCUT2D eigenvalue weighted by Crippen LogP contribution is -2.12. The minimum atomic E-state index is -0.109. The van der Waals surface area contributed by atoms with Crippen molar-refractivity contribution in [3.8, 4) is 11.8 Å². The van der Waals surface area contributed by atoms with Gasteiger partial charge in [0.1, 0.15) is 6.61 Å². The van der Waals surface area contributed by atoms with E-state index in [9.17, 15) is 0 Å². The maximum atomic E-state index is 8.42. The molecule has 0 rings (SSSR count). The summed E-state index contributed by atoms with van der Waals surface area (Å²) >= 11 is 0. The van der Waals surface area contributed by atoms with Gasteiger partial charge in [0.05, 0.1) is 52.9 Å². The Morgan fingerprint density at radius 2 is 1.33 bits per heavy atom. The van der Waals surface area contributed by atoms with E-state index in [1.165, 1.54) is 0 Å². The summed E-state index contributed by atoms with van der Waals surface area (Å²) in [6.45, 7) is 4.17. The molecule has 0 aromatic rings. The summed E-state index contributed by atoms with van der Waals surface area (Å²) in [5.41, 5.74) is 8.03. The van der Waals surface area contributed by atoms with Crippen LogP contribution in [0.15, 0.2) is 5.11 Å². The van der Waals surface area contributed by atoms with E-state index in [-0.39, 0.29) is 6.61 Å². The van der Waals surface area contributed by atoms with Crippen molar-refractivity contribution in [1.29, 1.82) is 0 Å². The van der Waals surface area contributed by atoms with Gasteiger partial charge in [-0.3, -0.25) is 0 Å². The predicted octanol–water partition coefficient (Wildman–Crippen LogP) is 0.749. The molecule has 0 aliphatic carbocycles. The molecule has 0 bridgehead atoms. The number of rotatable bonds is 14. The molecule has 0 saturated heterocycles. The molecule has 0 atom stereocenters. The standard InChI is InChI=1S/C13H23N3O5/c14-16-15-4-7-19-9-11-21-13-12-20-10-8-18-6-3-1-2-5-17/h17H,3-13H2. The Labute approximate surface area is 124 Å². The Morgan fingerprint density at radius 1 is 0.810 bits per heavy atom. The zero-order valence-electron chi connectivity index (χ0n) is 12.2. The molecule has 0 spiro atoms. The third-order valence-corrected chi connectivity index (χ3v) is 2.09. The fourth-order valence-electron chi connectivity index (χ4n) is 1.18. The van der Waals surface area contributed by atoms with Gasteiger partial charge in [-0.15, -0.1) is 0 Å². The van der Waals surface area contributed by atoms with Crippen LogP contribution in [0, 0.1) is 11.8 Å². The van der Waals surface area contributed by atoms with Crippen molar-refractivity contribution in [3.05, 3.63) is 10.4 Å². The van der Waals surface area contributed by atoms with Gasteiger partial charge in [0, 0.05) is 17.9 Å². The van der Waals surface area contributed by atoms with E-state index in [1.54, 1.807) is 0 Å². The van der Waals surface area contributed by atoms with Crippen molar-refractivity contribution >= 4 is 0 Å². The Hall–Kier alpha value is -1.33. The Kier molecular flexibility index (Phi) is 17.5. The molecule has 0 aromatic carbocycles. The summed E-state index contributed by atoms with van der Waals surface area (Å²) in [7, 11) is 0. The fraction of sp³-hybridized carbons (Fsp3) is 0.846. The van der Waals surface area contributed by atoms with Crippen LogP contribution in [0.2, 0.25) is 0 Å². The molecule has 0 heterocycles. The first-order valence-electron chi connectivity index (χ1n) is 6.80. The molecule has 0 unspecified atom stereocenters. The lowest BCUT2D eigenvalue weighted by Gasteiger charge is -2.06. The quantitative estimate of drug-likeness (QED) is 0.167. The zero-order valence-corrected chi connectivity index (χ0v) is 12.2. The molecule has 0 radical (unpaired) electrons. The highest BCUT2D eigenvalue weighted by Gasteiger charge is 1.92. The maximum absolute atomic E-state index is 8.42. The first kappa shape index (κ1) is 19.7. The molecule has 0 aliphatic rings. The van der Waals surface area contributed by atoms with Crippen LogP contribution < -0.4 is 0 Å². The van der Waals surface area contributed by atoms with Gasteiger partial charge in [-0.05, 0) is 5.53 Å². The molecule has 1 N–H and O–H groups in total. The van der Waals surface area contributed by atoms with Gasteiger partial charge in [-0.25, -0.2) is 0 Å². The van der Waals surface area contributed by atoms with Crippen molar-refractivity contribution in [1.82, 2.24) is 0 Å². The molecule has 0 aliphatic heterocycles. The lowest BCUT2D eigenvalue weighted by molar-refractivity contribution is -0.000384. The first-order valence-corrected chi connectivity index (χ1v) is 6.80. The molecule has 0 aromatic heterocycles. The van der Waals surface area contributed by atoms with Crippen LogP contribution in [-0.4, -0.2) is 71.1 Å². The van der Waals surface area contributed by atoms with Gasteiger partial charge in [-0.2, -0.15) is 0 Å². The SMILES string of the molecule is [N-]=[N+]=NCCOCCOCCOCCOCCC#CCO. The number of nitrogens with zero attached hydrogens (tertiary/aromatic N) is 3. The van der Waals surface area contributed by atoms with Crippen LogP contribution in [0.3, 0.4) is 0 Å². The maximum Gasteiger partial charge on any atom is 0.104 e. The normalized spacial score (nSPS) is 9.76. The van der Waals surface area contributed by atoms with Gasteiger partial charge in [-0.1, -0.05) is 17.0 Å². The van der Waals surface area contributed by atoms with E-state index in [1.807, 2.05) is 0 Å². The average Bonchev–Trinajstić information content (AvgIpc) is 2.50. The zero-order chi connectivity index (χ0) is 15.4. The molecule has 8 heteroatoms. The highest BCUT2D eigenvalue weighted by molar-refractivity contribution is 4.98. The van der Waals surface area contributed by atoms with Crippen LogP contribution in [0.1, 0.15) is 6.42 Å². The minimum absolute atomic E-state index is 0.109. The van der Waals surface area contributed by atoms with Crippen molar-refractivity contribution in [2.24, 2.45) is 5.11 Å². The molecule has 8 nitrogen and oxygen atoms in total. The van der Waals surface area contributed by atoms with E-state index in [0.717, 1.165) is 0 Å². The number of azide groups is 1. The third kappa shape index (κ3) is 18.7. The van der Waals surface area contributed by atoms with E-state index >= 15 is 0 Å². The second-order valence-electron chi connectivity index (χ2n) is 3.67. The van der Waals surface area contributed by atoms with Crippen LogP contribution in [0.25, 0.3) is 10.4 Å². The number of aliphatic hydroxyl groups is 1. The summed E-state index contributed by atoms with van der Waals surface area (Å²) < 4.78 is 21.0. The van der Waals surface area contributed by atoms with Gasteiger partial charge in [0.15, 0.2) is 0 Å². The number of hydrogen-bond donors (Lipinski definition) is 1. The van der Waals surface area contributed by atoms with E-state index < -0.39 is 0 Å². The number of hydrogen-bond acceptors (Lipinski definition) is 6. The molecule has 0 fully saturated rings. The number of aliphatic hydroxyl groups excluding tert-OH is 1. The van der Waals surface area contributed by atoms with E-state index in [0.29, 0.717) is 65.8 Å². The minimum Gasteiger partial charge on any atom is -0.384 e. The third-order valence-electron chi connectivity index (χ3n) is 2.09. The van der Waals surface area contributed by atoms with Gasteiger partial charge < -0.3 is 24.1 Å². The Balaban J connectivity index is 3.01. The van der Waals surface area contributed by atoms with E-state index in [4.69, 9.17) is 29.6 Å². The largest absolute Gasteiger partial charge is 0.384 e. The molecular weight excluding hydrogens is 278 g/mol. The van der Waals surface area contributed by atoms with Crippen LogP contribution >= 0.6 is 0 Å². The lowest BCUT2D eigenvalue weighted by atomic mass is 10.4. The molecule has 21 heavy (non-hydrogen) atoms. The second kappa shape index (κ2) is 18.7. The topological polar surface area (TPSA) is 106 Å². The average molecular weight is 301 g/mol. The van der Waals surface area contributed by atoms with Crippen molar-refractivity contribution in [2.75, 3.05) is 66.0 Å². The van der Waals surface area contributed by atoms with Crippen molar-refractivity contribution in [2.45, 2.75) is 6.42 Å². The fourth-order valence-corrected chi connectivity index (χ4v) is 1.18. The Bertz CT molecular complexity index is 324. The van der Waals surface area contributed by atoms with Crippen LogP contribution in [0.5, 0.6) is 0 Å². The Morgan fingerprint density at radius 3 is 1.86 bits per heavy atom. The van der Waals surface area contributed by atoms with Crippen LogP contribution in [0.4, 0.5) is 0 Å². The van der Waals surface area contributed by atoms with Gasteiger partial charge >= 0.3 is 0 Å². The monoisotopic (exact) mass is 301 g/mol. The summed E-state index contributed by atoms with van der Waals surface area (Å²) in [6.07, 6.45) is 0.614. The molecule has 120 valence electrons. The van der Waals surface area contributed by atoms with Gasteiger partial charge in [0.25, 0.3) is 0 Å². The first-order chi connectivity index (χ1) is 10.4. The smallest absolute Gasteiger partial charge is 0.104 e. The van der Waals surface area contributed by atoms with E-state index in [2.05, 4.69) is 21.9 Å². The van der Waals surface area contributed by atoms with Gasteiger partial charge in [0.2, 0.25) is 0 Å². The summed E-state index contributed by atoms with van der Waals surface area (Å²) in [5, 5.41) is 11.8. The highest BCUT2D eigenvalue weighted by atomic mass is 16.6.